The summed E-state index contributed by atoms with van der Waals surface area (Å²) in [5, 5.41) is 3.95. The summed E-state index contributed by atoms with van der Waals surface area (Å²) in [6, 6.07) is 6.05. The highest BCUT2D eigenvalue weighted by atomic mass is 32.2. The van der Waals surface area contributed by atoms with E-state index in [1.165, 1.54) is 4.90 Å². The van der Waals surface area contributed by atoms with Gasteiger partial charge in [0.2, 0.25) is 0 Å². The number of ether oxygens (including phenoxy) is 2. The average molecular weight is 268 g/mol. The SMILES string of the molecule is COc1ccc(SC2CN(C)CCN2)cc1OC. The molecule has 1 N–H and O–H groups in total. The minimum Gasteiger partial charge on any atom is -0.493 e. The number of nitrogens with one attached hydrogen (secondary N) is 1. The molecule has 1 unspecified atom stereocenters. The molecule has 1 aliphatic heterocycles. The largest absolute Gasteiger partial charge is 0.493 e. The topological polar surface area (TPSA) is 33.7 Å². The van der Waals surface area contributed by atoms with E-state index in [1.807, 2.05) is 23.9 Å². The molecule has 1 fully saturated rings. The molecule has 0 radical (unpaired) electrons. The van der Waals surface area contributed by atoms with Crippen molar-refractivity contribution in [3.8, 4) is 11.5 Å². The first kappa shape index (κ1) is 13.5. The fourth-order valence-electron chi connectivity index (χ4n) is 1.99. The van der Waals surface area contributed by atoms with E-state index < -0.39 is 0 Å². The number of hydrogen-bond acceptors (Lipinski definition) is 5. The van der Waals surface area contributed by atoms with Crippen molar-refractivity contribution < 1.29 is 9.47 Å². The van der Waals surface area contributed by atoms with Crippen molar-refractivity contribution in [2.75, 3.05) is 40.9 Å². The molecule has 0 aliphatic carbocycles. The summed E-state index contributed by atoms with van der Waals surface area (Å²) >= 11 is 1.83. The van der Waals surface area contributed by atoms with E-state index in [1.54, 1.807) is 14.2 Å². The van der Waals surface area contributed by atoms with E-state index in [9.17, 15) is 0 Å². The van der Waals surface area contributed by atoms with Crippen LogP contribution in [0.1, 0.15) is 0 Å². The Kier molecular flexibility index (Phi) is 4.74. The number of thioether (sulfide) groups is 1. The van der Waals surface area contributed by atoms with E-state index in [-0.39, 0.29) is 0 Å². The van der Waals surface area contributed by atoms with Crippen LogP contribution < -0.4 is 14.8 Å². The number of benzene rings is 1. The summed E-state index contributed by atoms with van der Waals surface area (Å²) in [5.41, 5.74) is 0. The number of rotatable bonds is 4. The fraction of sp³-hybridized carbons (Fsp3) is 0.538. The highest BCUT2D eigenvalue weighted by Gasteiger charge is 2.17. The van der Waals surface area contributed by atoms with E-state index in [2.05, 4.69) is 23.3 Å². The molecule has 0 aromatic heterocycles. The lowest BCUT2D eigenvalue weighted by Gasteiger charge is -2.30. The molecule has 1 heterocycles. The lowest BCUT2D eigenvalue weighted by Crippen LogP contribution is -2.47. The number of likely N-dealkylation sites (N-methyl/N-ethyl adjacent to an activating group) is 1. The first-order valence-corrected chi connectivity index (χ1v) is 6.91. The van der Waals surface area contributed by atoms with Crippen LogP contribution in [0.4, 0.5) is 0 Å². The Morgan fingerprint density at radius 1 is 1.28 bits per heavy atom. The number of hydrogen-bond donors (Lipinski definition) is 1. The molecule has 1 aliphatic rings. The van der Waals surface area contributed by atoms with Gasteiger partial charge in [-0.3, -0.25) is 0 Å². The van der Waals surface area contributed by atoms with Gasteiger partial charge >= 0.3 is 0 Å². The van der Waals surface area contributed by atoms with E-state index in [0.717, 1.165) is 31.1 Å². The predicted octanol–water partition coefficient (Wildman–Crippen LogP) is 1.66. The van der Waals surface area contributed by atoms with E-state index >= 15 is 0 Å². The molecule has 1 saturated heterocycles. The summed E-state index contributed by atoms with van der Waals surface area (Å²) in [7, 11) is 5.48. The highest BCUT2D eigenvalue weighted by molar-refractivity contribution is 8.00. The predicted molar refractivity (Wildman–Crippen MR) is 74.7 cm³/mol. The smallest absolute Gasteiger partial charge is 0.161 e. The van der Waals surface area contributed by atoms with Gasteiger partial charge in [-0.25, -0.2) is 0 Å². The summed E-state index contributed by atoms with van der Waals surface area (Å²) in [4.78, 5) is 3.54. The first-order chi connectivity index (χ1) is 8.72. The van der Waals surface area contributed by atoms with Crippen molar-refractivity contribution >= 4 is 11.8 Å². The Balaban J connectivity index is 2.04. The minimum absolute atomic E-state index is 0.432. The van der Waals surface area contributed by atoms with Crippen LogP contribution >= 0.6 is 11.8 Å². The summed E-state index contributed by atoms with van der Waals surface area (Å²) in [6.45, 7) is 3.21. The van der Waals surface area contributed by atoms with Crippen molar-refractivity contribution in [3.05, 3.63) is 18.2 Å². The molecule has 100 valence electrons. The Morgan fingerprint density at radius 2 is 2.06 bits per heavy atom. The van der Waals surface area contributed by atoms with Crippen LogP contribution in [0.2, 0.25) is 0 Å². The minimum atomic E-state index is 0.432. The first-order valence-electron chi connectivity index (χ1n) is 6.03. The van der Waals surface area contributed by atoms with Gasteiger partial charge in [0.05, 0.1) is 19.6 Å². The summed E-state index contributed by atoms with van der Waals surface area (Å²) < 4.78 is 10.6. The second-order valence-electron chi connectivity index (χ2n) is 4.34. The summed E-state index contributed by atoms with van der Waals surface area (Å²) in [6.07, 6.45) is 0. The van der Waals surface area contributed by atoms with Gasteiger partial charge in [-0.1, -0.05) is 0 Å². The zero-order chi connectivity index (χ0) is 13.0. The van der Waals surface area contributed by atoms with Crippen molar-refractivity contribution in [2.45, 2.75) is 10.3 Å². The maximum absolute atomic E-state index is 5.32. The maximum Gasteiger partial charge on any atom is 0.161 e. The quantitative estimate of drug-likeness (QED) is 0.898. The summed E-state index contributed by atoms with van der Waals surface area (Å²) in [5.74, 6) is 1.56. The lowest BCUT2D eigenvalue weighted by atomic mass is 10.3. The van der Waals surface area contributed by atoms with Gasteiger partial charge in [0.15, 0.2) is 11.5 Å². The Morgan fingerprint density at radius 3 is 2.72 bits per heavy atom. The van der Waals surface area contributed by atoms with E-state index in [0.29, 0.717) is 5.37 Å². The van der Waals surface area contributed by atoms with Gasteiger partial charge in [0, 0.05) is 24.5 Å². The molecule has 1 aromatic carbocycles. The Bertz CT molecular complexity index is 401. The molecule has 1 aromatic rings. The average Bonchev–Trinajstić information content (AvgIpc) is 2.38. The molecular formula is C13H20N2O2S. The molecule has 1 atom stereocenters. The van der Waals surface area contributed by atoms with Crippen LogP contribution in [-0.2, 0) is 0 Å². The van der Waals surface area contributed by atoms with Crippen molar-refractivity contribution in [1.82, 2.24) is 10.2 Å². The van der Waals surface area contributed by atoms with Crippen LogP contribution in [0.5, 0.6) is 11.5 Å². The van der Waals surface area contributed by atoms with Crippen molar-refractivity contribution in [2.24, 2.45) is 0 Å². The maximum atomic E-state index is 5.32. The number of nitrogens with zero attached hydrogens (tertiary/aromatic N) is 1. The van der Waals surface area contributed by atoms with Gasteiger partial charge < -0.3 is 19.7 Å². The molecule has 0 bridgehead atoms. The molecule has 18 heavy (non-hydrogen) atoms. The second kappa shape index (κ2) is 6.31. The molecule has 5 heteroatoms. The molecule has 4 nitrogen and oxygen atoms in total. The molecule has 0 amide bonds. The van der Waals surface area contributed by atoms with Crippen LogP contribution in [-0.4, -0.2) is 51.2 Å². The van der Waals surface area contributed by atoms with Crippen molar-refractivity contribution in [1.29, 1.82) is 0 Å². The zero-order valence-corrected chi connectivity index (χ0v) is 11.9. The normalized spacial score (nSPS) is 20.7. The third-order valence-electron chi connectivity index (χ3n) is 2.98. The second-order valence-corrected chi connectivity index (χ2v) is 5.62. The third kappa shape index (κ3) is 3.31. The fourth-order valence-corrected chi connectivity index (χ4v) is 3.17. The monoisotopic (exact) mass is 268 g/mol. The van der Waals surface area contributed by atoms with Gasteiger partial charge in [-0.2, -0.15) is 0 Å². The third-order valence-corrected chi connectivity index (χ3v) is 4.10. The molecule has 0 spiro atoms. The number of piperazine rings is 1. The van der Waals surface area contributed by atoms with Crippen LogP contribution in [0, 0.1) is 0 Å². The van der Waals surface area contributed by atoms with Crippen LogP contribution in [0.25, 0.3) is 0 Å². The molecule has 2 rings (SSSR count). The van der Waals surface area contributed by atoms with Gasteiger partial charge in [0.25, 0.3) is 0 Å². The van der Waals surface area contributed by atoms with Gasteiger partial charge in [-0.05, 0) is 25.2 Å². The van der Waals surface area contributed by atoms with Crippen LogP contribution in [0.3, 0.4) is 0 Å². The van der Waals surface area contributed by atoms with Gasteiger partial charge in [-0.15, -0.1) is 11.8 Å². The lowest BCUT2D eigenvalue weighted by molar-refractivity contribution is 0.278. The highest BCUT2D eigenvalue weighted by Crippen LogP contribution is 2.33. The van der Waals surface area contributed by atoms with Crippen LogP contribution in [0.15, 0.2) is 23.1 Å². The molecule has 0 saturated carbocycles. The standard InChI is InChI=1S/C13H20N2O2S/c1-15-7-6-14-13(9-15)18-10-4-5-11(16-2)12(8-10)17-3/h4-5,8,13-14H,6-7,9H2,1-3H3. The Labute approximate surface area is 113 Å². The van der Waals surface area contributed by atoms with E-state index in [4.69, 9.17) is 9.47 Å². The Hall–Kier alpha value is -0.910. The number of methoxy groups -OCH3 is 2. The van der Waals surface area contributed by atoms with Crippen molar-refractivity contribution in [3.63, 3.8) is 0 Å². The van der Waals surface area contributed by atoms with Gasteiger partial charge in [0.1, 0.15) is 0 Å². The zero-order valence-electron chi connectivity index (χ0n) is 11.1. The molecular weight excluding hydrogens is 248 g/mol.